The molecule has 0 aliphatic rings. The number of hydrogen-bond donors (Lipinski definition) is 0. The molecular formula is C109H88N6. The van der Waals surface area contributed by atoms with E-state index in [2.05, 4.69) is 524 Å². The van der Waals surface area contributed by atoms with Gasteiger partial charge in [0, 0.05) is 106 Å². The molecule has 0 unspecified atom stereocenters. The Bertz CT molecular complexity index is 5930. The van der Waals surface area contributed by atoms with Gasteiger partial charge in [0.1, 0.15) is 0 Å². The van der Waals surface area contributed by atoms with Gasteiger partial charge in [0.2, 0.25) is 0 Å². The van der Waals surface area contributed by atoms with Gasteiger partial charge in [0.25, 0.3) is 0 Å². The Morgan fingerprint density at radius 2 is 0.287 bits per heavy atom. The molecule has 0 heterocycles. The number of hydrogen-bond acceptors (Lipinski definition) is 6. The molecule has 0 atom stereocenters. The third kappa shape index (κ3) is 17.8. The van der Waals surface area contributed by atoms with Crippen LogP contribution in [-0.4, -0.2) is 21.1 Å². The molecule has 0 aliphatic heterocycles. The zero-order valence-corrected chi connectivity index (χ0v) is 64.8. The van der Waals surface area contributed by atoms with E-state index in [0.717, 1.165) is 79.6 Å². The van der Waals surface area contributed by atoms with Crippen molar-refractivity contribution in [2.75, 3.05) is 50.5 Å². The Kier molecular flexibility index (Phi) is 23.1. The van der Waals surface area contributed by atoms with Crippen molar-refractivity contribution >= 4 is 96.1 Å². The summed E-state index contributed by atoms with van der Waals surface area (Å²) in [7, 11) is 6.36. The van der Waals surface area contributed by atoms with Gasteiger partial charge in [-0.3, -0.25) is 0 Å². The summed E-state index contributed by atoms with van der Waals surface area (Å²) >= 11 is 0. The summed E-state index contributed by atoms with van der Waals surface area (Å²) in [6, 6.07) is 169. The number of rotatable bonds is 20. The Hall–Kier alpha value is -15.0. The predicted molar refractivity (Wildman–Crippen MR) is 492 cm³/mol. The molecule has 115 heavy (non-hydrogen) atoms. The van der Waals surface area contributed by atoms with E-state index in [4.69, 9.17) is 0 Å². The lowest BCUT2D eigenvalue weighted by molar-refractivity contribution is 1.21. The van der Waals surface area contributed by atoms with Crippen LogP contribution >= 0.6 is 0 Å². The summed E-state index contributed by atoms with van der Waals surface area (Å²) in [6.45, 7) is 0. The van der Waals surface area contributed by atoms with Crippen molar-refractivity contribution in [3.63, 3.8) is 0 Å². The van der Waals surface area contributed by atoms with Gasteiger partial charge in [0.15, 0.2) is 0 Å². The lowest BCUT2D eigenvalue weighted by Gasteiger charge is -2.25. The molecule has 18 aromatic rings. The average molecular weight is 1480 g/mol. The molecule has 18 rings (SSSR count). The number of fused-ring (bicyclic) bond motifs is 1. The van der Waals surface area contributed by atoms with Crippen LogP contribution in [0.25, 0.3) is 66.4 Å². The quantitative estimate of drug-likeness (QED) is 0.0752. The van der Waals surface area contributed by atoms with Crippen molar-refractivity contribution in [3.8, 4) is 55.6 Å². The van der Waals surface area contributed by atoms with Crippen LogP contribution in [0.15, 0.2) is 479 Å². The fourth-order valence-electron chi connectivity index (χ4n) is 14.7. The van der Waals surface area contributed by atoms with Crippen LogP contribution in [0.1, 0.15) is 0 Å². The van der Waals surface area contributed by atoms with Gasteiger partial charge < -0.3 is 29.4 Å². The molecule has 0 saturated carbocycles. The topological polar surface area (TPSA) is 19.4 Å². The smallest absolute Gasteiger partial charge is 0.0462 e. The maximum absolute atomic E-state index is 2.28. The molecule has 0 saturated heterocycles. The van der Waals surface area contributed by atoms with Gasteiger partial charge in [-0.2, -0.15) is 0 Å². The summed E-state index contributed by atoms with van der Waals surface area (Å²) in [6.07, 6.45) is 0. The van der Waals surface area contributed by atoms with E-state index in [-0.39, 0.29) is 0 Å². The van der Waals surface area contributed by atoms with Gasteiger partial charge in [-0.15, -0.1) is 0 Å². The Morgan fingerprint density at radius 3 is 0.565 bits per heavy atom. The highest BCUT2D eigenvalue weighted by atomic mass is 15.2. The lowest BCUT2D eigenvalue weighted by Crippen LogP contribution is -2.09. The highest BCUT2D eigenvalue weighted by Crippen LogP contribution is 2.41. The van der Waals surface area contributed by atoms with Crippen molar-refractivity contribution in [2.24, 2.45) is 0 Å². The van der Waals surface area contributed by atoms with E-state index >= 15 is 0 Å². The fraction of sp³-hybridized carbons (Fsp3) is 0.0275. The second-order valence-corrected chi connectivity index (χ2v) is 28.3. The Balaban J connectivity index is 0.000000130. The molecule has 0 aliphatic carbocycles. The van der Waals surface area contributed by atoms with Gasteiger partial charge in [-0.05, 0) is 248 Å². The second-order valence-electron chi connectivity index (χ2n) is 28.3. The molecule has 0 aromatic heterocycles. The van der Waals surface area contributed by atoms with Crippen LogP contribution in [0.3, 0.4) is 0 Å². The number of para-hydroxylation sites is 6. The molecule has 6 nitrogen and oxygen atoms in total. The van der Waals surface area contributed by atoms with Crippen LogP contribution in [0, 0.1) is 0 Å². The van der Waals surface area contributed by atoms with Crippen LogP contribution in [-0.2, 0) is 0 Å². The van der Waals surface area contributed by atoms with Gasteiger partial charge >= 0.3 is 0 Å². The minimum Gasteiger partial charge on any atom is -0.345 e. The number of benzene rings is 18. The maximum Gasteiger partial charge on any atom is 0.0462 e. The van der Waals surface area contributed by atoms with Crippen LogP contribution in [0.4, 0.5) is 85.3 Å². The van der Waals surface area contributed by atoms with Gasteiger partial charge in [-0.25, -0.2) is 0 Å². The molecular weight excluding hydrogens is 1390 g/mol. The summed E-state index contributed by atoms with van der Waals surface area (Å²) in [5.74, 6) is 0. The number of anilines is 15. The molecule has 554 valence electrons. The first kappa shape index (κ1) is 74.1. The molecule has 6 heteroatoms. The molecule has 0 spiro atoms. The van der Waals surface area contributed by atoms with E-state index < -0.39 is 0 Å². The van der Waals surface area contributed by atoms with E-state index in [1.54, 1.807) is 0 Å². The summed E-state index contributed by atoms with van der Waals surface area (Å²) in [4.78, 5) is 13.5. The zero-order chi connectivity index (χ0) is 77.9. The molecule has 0 N–H and O–H groups in total. The predicted octanol–water partition coefficient (Wildman–Crippen LogP) is 30.3. The largest absolute Gasteiger partial charge is 0.345 e. The SMILES string of the molecule is CN(c1ccc(-c2ccc(N(c3ccccc3)c3ccccc3)cc2)cc1)c1ccc2ccccc2c1.CN(c1ccc(-c2ccc(N(c3ccccc3)c3ccccc3)cc2)cc1)c1cccc(-c2ccccc2)c1.CN(c1ccc(-c2ccccc2)cc1)c1ccc(-c2ccc(N(c3ccccc3)c3ccccc3)cc2)cc1. The lowest BCUT2D eigenvalue weighted by atomic mass is 10.0. The first-order valence-electron chi connectivity index (χ1n) is 39.1. The fourth-order valence-corrected chi connectivity index (χ4v) is 14.7. The van der Waals surface area contributed by atoms with E-state index in [0.29, 0.717) is 0 Å². The Labute approximate surface area is 677 Å². The van der Waals surface area contributed by atoms with Crippen LogP contribution in [0.5, 0.6) is 0 Å². The molecule has 0 radical (unpaired) electrons. The van der Waals surface area contributed by atoms with Gasteiger partial charge in [0.05, 0.1) is 0 Å². The first-order chi connectivity index (χ1) is 56.8. The molecule has 0 fully saturated rings. The van der Waals surface area contributed by atoms with Crippen LogP contribution in [0.2, 0.25) is 0 Å². The first-order valence-corrected chi connectivity index (χ1v) is 39.1. The van der Waals surface area contributed by atoms with Crippen molar-refractivity contribution in [1.82, 2.24) is 0 Å². The third-order valence-corrected chi connectivity index (χ3v) is 21.0. The monoisotopic (exact) mass is 1480 g/mol. The van der Waals surface area contributed by atoms with E-state index in [1.807, 2.05) is 6.07 Å². The van der Waals surface area contributed by atoms with Crippen molar-refractivity contribution < 1.29 is 0 Å². The van der Waals surface area contributed by atoms with Crippen LogP contribution < -0.4 is 29.4 Å². The second kappa shape index (κ2) is 35.8. The third-order valence-electron chi connectivity index (χ3n) is 21.0. The molecule has 18 aromatic carbocycles. The summed E-state index contributed by atoms with van der Waals surface area (Å²) in [5.41, 5.74) is 29.3. The van der Waals surface area contributed by atoms with E-state index in [9.17, 15) is 0 Å². The minimum atomic E-state index is 1.13. The summed E-state index contributed by atoms with van der Waals surface area (Å²) < 4.78 is 0. The van der Waals surface area contributed by atoms with Crippen molar-refractivity contribution in [1.29, 1.82) is 0 Å². The van der Waals surface area contributed by atoms with Crippen molar-refractivity contribution in [2.45, 2.75) is 0 Å². The molecule has 0 amide bonds. The highest BCUT2D eigenvalue weighted by molar-refractivity contribution is 5.88. The summed E-state index contributed by atoms with van der Waals surface area (Å²) in [5, 5.41) is 2.51. The Morgan fingerprint density at radius 1 is 0.113 bits per heavy atom. The highest BCUT2D eigenvalue weighted by Gasteiger charge is 2.18. The molecule has 0 bridgehead atoms. The number of nitrogens with zero attached hydrogens (tertiary/aromatic N) is 6. The average Bonchev–Trinajstić information content (AvgIpc) is 0.814. The van der Waals surface area contributed by atoms with Gasteiger partial charge in [-0.1, -0.05) is 297 Å². The van der Waals surface area contributed by atoms with Crippen molar-refractivity contribution in [3.05, 3.63) is 479 Å². The van der Waals surface area contributed by atoms with E-state index in [1.165, 1.54) is 72.1 Å². The standard InChI is InChI=1S/2C37H30N2.C35H28N2/c1-38(37-19-11-14-32(28-37)29-12-5-2-6-13-29)33-24-20-30(21-25-33)31-22-26-36(27-23-31)39(34-15-7-3-8-16-34)35-17-9-4-10-18-35;1-38(33-23-17-30(18-24-33)29-11-5-2-6-12-29)34-25-19-31(20-26-34)32-21-27-37(28-22-32)39(35-13-7-3-8-14-35)36-15-9-4-10-16-36;1-36(35-25-20-27-10-8-9-11-30(27)26-35)31-21-16-28(17-22-31)29-18-23-34(24-19-29)37(32-12-4-2-5-13-32)33-14-6-3-7-15-33/h2*2-28H,1H3;2-26H,1H3. The zero-order valence-electron chi connectivity index (χ0n) is 64.8. The minimum absolute atomic E-state index is 1.13. The normalized spacial score (nSPS) is 10.7. The maximum atomic E-state index is 2.28.